The molecule has 1 aromatic rings. The van der Waals surface area contributed by atoms with Crippen molar-refractivity contribution in [1.82, 2.24) is 4.90 Å². The summed E-state index contributed by atoms with van der Waals surface area (Å²) in [5.74, 6) is -0.288. The van der Waals surface area contributed by atoms with Crippen molar-refractivity contribution in [1.29, 1.82) is 0 Å². The number of piperidine rings is 1. The van der Waals surface area contributed by atoms with Gasteiger partial charge in [0.25, 0.3) is 0 Å². The first kappa shape index (κ1) is 18.5. The Kier molecular flexibility index (Phi) is 4.86. The van der Waals surface area contributed by atoms with Gasteiger partial charge in [-0.2, -0.15) is 0 Å². The molecule has 0 saturated carbocycles. The number of hydrogen-bond acceptors (Lipinski definition) is 5. The third-order valence-corrected chi connectivity index (χ3v) is 5.09. The van der Waals surface area contributed by atoms with Gasteiger partial charge in [0.2, 0.25) is 0 Å². The molecule has 0 aliphatic carbocycles. The van der Waals surface area contributed by atoms with E-state index in [2.05, 4.69) is 5.32 Å². The van der Waals surface area contributed by atoms with Crippen molar-refractivity contribution in [2.75, 3.05) is 31.6 Å². The fraction of sp³-hybridized carbons (Fsp3) is 0.600. The molecule has 6 nitrogen and oxygen atoms in total. The number of nitrogens with one attached hydrogen (secondary N) is 1. The molecule has 1 fully saturated rings. The molecule has 1 aromatic carbocycles. The molecule has 26 heavy (non-hydrogen) atoms. The number of benzene rings is 1. The number of fused-ring (bicyclic) bond motifs is 2. The second-order valence-electron chi connectivity index (χ2n) is 8.08. The molecule has 0 aromatic heterocycles. The molecule has 0 radical (unpaired) electrons. The summed E-state index contributed by atoms with van der Waals surface area (Å²) < 4.78 is 10.6. The van der Waals surface area contributed by atoms with Crippen LogP contribution in [-0.2, 0) is 14.9 Å². The normalized spacial score (nSPS) is 18.2. The highest BCUT2D eigenvalue weighted by Gasteiger charge is 2.43. The van der Waals surface area contributed by atoms with Gasteiger partial charge >= 0.3 is 12.1 Å². The lowest BCUT2D eigenvalue weighted by molar-refractivity contribution is 0.0172. The minimum atomic E-state index is -0.484. The van der Waals surface area contributed by atoms with Crippen LogP contribution in [0.1, 0.15) is 56.5 Å². The molecular weight excluding hydrogens is 332 g/mol. The fourth-order valence-corrected chi connectivity index (χ4v) is 3.73. The molecule has 2 aliphatic heterocycles. The first-order valence-electron chi connectivity index (χ1n) is 9.27. The van der Waals surface area contributed by atoms with Crippen LogP contribution in [0.4, 0.5) is 10.5 Å². The predicted molar refractivity (Wildman–Crippen MR) is 99.6 cm³/mol. The summed E-state index contributed by atoms with van der Waals surface area (Å²) in [6, 6.07) is 5.71. The van der Waals surface area contributed by atoms with E-state index in [4.69, 9.17) is 9.47 Å². The molecule has 1 amide bonds. The molecule has 2 aliphatic rings. The number of ether oxygens (including phenoxy) is 2. The van der Waals surface area contributed by atoms with Crippen LogP contribution in [0, 0.1) is 0 Å². The lowest BCUT2D eigenvalue weighted by atomic mass is 9.74. The van der Waals surface area contributed by atoms with E-state index >= 15 is 0 Å². The average molecular weight is 360 g/mol. The Morgan fingerprint density at radius 1 is 1.23 bits per heavy atom. The molecular formula is C20H28N2O4. The van der Waals surface area contributed by atoms with Gasteiger partial charge in [-0.15, -0.1) is 0 Å². The van der Waals surface area contributed by atoms with Crippen LogP contribution in [0.25, 0.3) is 0 Å². The zero-order valence-electron chi connectivity index (χ0n) is 16.1. The van der Waals surface area contributed by atoms with Gasteiger partial charge in [-0.3, -0.25) is 0 Å². The third kappa shape index (κ3) is 3.64. The fourth-order valence-electron chi connectivity index (χ4n) is 3.73. The molecule has 1 spiro atoms. The monoisotopic (exact) mass is 360 g/mol. The SMILES string of the molecule is CCOC(=O)c1ccc2c(c1)C1(CCN(C(=O)OC(C)(C)C)CC1)CN2. The van der Waals surface area contributed by atoms with Crippen LogP contribution in [0.15, 0.2) is 18.2 Å². The smallest absolute Gasteiger partial charge is 0.410 e. The van der Waals surface area contributed by atoms with Crippen LogP contribution in [0.3, 0.4) is 0 Å². The number of hydrogen-bond donors (Lipinski definition) is 1. The molecule has 3 rings (SSSR count). The van der Waals surface area contributed by atoms with Crippen molar-refractivity contribution in [3.8, 4) is 0 Å². The largest absolute Gasteiger partial charge is 0.462 e. The Labute approximate surface area is 154 Å². The van der Waals surface area contributed by atoms with E-state index in [-0.39, 0.29) is 17.5 Å². The summed E-state index contributed by atoms with van der Waals surface area (Å²) in [5.41, 5.74) is 2.29. The zero-order chi connectivity index (χ0) is 18.9. The number of nitrogens with zero attached hydrogens (tertiary/aromatic N) is 1. The Morgan fingerprint density at radius 3 is 2.54 bits per heavy atom. The molecule has 1 N–H and O–H groups in total. The maximum atomic E-state index is 12.3. The van der Waals surface area contributed by atoms with E-state index in [1.807, 2.05) is 32.9 Å². The van der Waals surface area contributed by atoms with E-state index < -0.39 is 5.60 Å². The summed E-state index contributed by atoms with van der Waals surface area (Å²) in [6.07, 6.45) is 1.44. The van der Waals surface area contributed by atoms with Crippen molar-refractivity contribution in [3.05, 3.63) is 29.3 Å². The topological polar surface area (TPSA) is 67.9 Å². The Balaban J connectivity index is 1.74. The average Bonchev–Trinajstić information content (AvgIpc) is 2.92. The molecule has 142 valence electrons. The van der Waals surface area contributed by atoms with Crippen molar-refractivity contribution in [2.24, 2.45) is 0 Å². The van der Waals surface area contributed by atoms with Crippen LogP contribution in [-0.4, -0.2) is 48.8 Å². The lowest BCUT2D eigenvalue weighted by Gasteiger charge is -2.39. The Hall–Kier alpha value is -2.24. The van der Waals surface area contributed by atoms with Crippen LogP contribution in [0.2, 0.25) is 0 Å². The number of likely N-dealkylation sites (tertiary alicyclic amines) is 1. The zero-order valence-corrected chi connectivity index (χ0v) is 16.1. The maximum absolute atomic E-state index is 12.3. The predicted octanol–water partition coefficient (Wildman–Crippen LogP) is 3.56. The quantitative estimate of drug-likeness (QED) is 0.817. The van der Waals surface area contributed by atoms with Crippen molar-refractivity contribution in [3.63, 3.8) is 0 Å². The van der Waals surface area contributed by atoms with Gasteiger partial charge in [0.05, 0.1) is 12.2 Å². The van der Waals surface area contributed by atoms with E-state index in [1.165, 1.54) is 0 Å². The highest BCUT2D eigenvalue weighted by Crippen LogP contribution is 2.44. The maximum Gasteiger partial charge on any atom is 0.410 e. The van der Waals surface area contributed by atoms with Crippen LogP contribution < -0.4 is 5.32 Å². The summed E-state index contributed by atoms with van der Waals surface area (Å²) in [6.45, 7) is 9.94. The number of amides is 1. The minimum Gasteiger partial charge on any atom is -0.462 e. The summed E-state index contributed by atoms with van der Waals surface area (Å²) >= 11 is 0. The number of carbonyl (C=O) groups excluding carboxylic acids is 2. The summed E-state index contributed by atoms with van der Waals surface area (Å²) in [7, 11) is 0. The summed E-state index contributed by atoms with van der Waals surface area (Å²) in [5, 5.41) is 3.45. The van der Waals surface area contributed by atoms with Crippen molar-refractivity contribution >= 4 is 17.7 Å². The van der Waals surface area contributed by atoms with E-state index in [1.54, 1.807) is 17.9 Å². The molecule has 2 heterocycles. The van der Waals surface area contributed by atoms with Crippen molar-refractivity contribution in [2.45, 2.75) is 51.6 Å². The summed E-state index contributed by atoms with van der Waals surface area (Å²) in [4.78, 5) is 26.2. The lowest BCUT2D eigenvalue weighted by Crippen LogP contribution is -2.47. The second kappa shape index (κ2) is 6.82. The van der Waals surface area contributed by atoms with Gasteiger partial charge in [0.1, 0.15) is 5.60 Å². The van der Waals surface area contributed by atoms with Crippen LogP contribution >= 0.6 is 0 Å². The van der Waals surface area contributed by atoms with Gasteiger partial charge in [0, 0.05) is 30.7 Å². The van der Waals surface area contributed by atoms with Gasteiger partial charge in [0.15, 0.2) is 0 Å². The third-order valence-electron chi connectivity index (χ3n) is 5.09. The van der Waals surface area contributed by atoms with Gasteiger partial charge < -0.3 is 19.7 Å². The highest BCUT2D eigenvalue weighted by molar-refractivity contribution is 5.90. The standard InChI is InChI=1S/C20H28N2O4/c1-5-25-17(23)14-6-7-16-15(12-14)20(13-21-16)8-10-22(11-9-20)18(24)26-19(2,3)4/h6-7,12,21H,5,8-11,13H2,1-4H3. The molecule has 0 bridgehead atoms. The number of rotatable bonds is 2. The molecule has 1 saturated heterocycles. The second-order valence-corrected chi connectivity index (χ2v) is 8.08. The minimum absolute atomic E-state index is 0.0453. The van der Waals surface area contributed by atoms with E-state index in [9.17, 15) is 9.59 Å². The number of esters is 1. The first-order valence-corrected chi connectivity index (χ1v) is 9.27. The van der Waals surface area contributed by atoms with E-state index in [0.717, 1.165) is 30.6 Å². The van der Waals surface area contributed by atoms with E-state index in [0.29, 0.717) is 25.3 Å². The van der Waals surface area contributed by atoms with Gasteiger partial charge in [-0.25, -0.2) is 9.59 Å². The molecule has 0 unspecified atom stereocenters. The number of carbonyl (C=O) groups is 2. The molecule has 6 heteroatoms. The number of anilines is 1. The Bertz CT molecular complexity index is 700. The van der Waals surface area contributed by atoms with Gasteiger partial charge in [-0.05, 0) is 64.3 Å². The van der Waals surface area contributed by atoms with Crippen molar-refractivity contribution < 1.29 is 19.1 Å². The Morgan fingerprint density at radius 2 is 1.92 bits per heavy atom. The first-order chi connectivity index (χ1) is 12.2. The molecule has 0 atom stereocenters. The van der Waals surface area contributed by atoms with Crippen LogP contribution in [0.5, 0.6) is 0 Å². The highest BCUT2D eigenvalue weighted by atomic mass is 16.6. The van der Waals surface area contributed by atoms with Gasteiger partial charge in [-0.1, -0.05) is 0 Å².